The molecule has 3 rings (SSSR count). The highest BCUT2D eigenvalue weighted by Crippen LogP contribution is 2.25. The zero-order valence-corrected chi connectivity index (χ0v) is 20.5. The first kappa shape index (κ1) is 24.6. The summed E-state index contributed by atoms with van der Waals surface area (Å²) >= 11 is 0. The minimum absolute atomic E-state index is 0.100. The number of carbonyl (C=O) groups excluding carboxylic acids is 1. The van der Waals surface area contributed by atoms with Crippen LogP contribution >= 0.6 is 0 Å². The molecule has 0 N–H and O–H groups in total. The Bertz CT molecular complexity index is 1150. The standard InChI is InChI=1S/C27H36N4O2/c1-6-8-17-25(32)30(19-18-29(4)5)20(3)26-28-23-15-11-10-14-22(23)27(33)31(26)24-16-12-9-13-21(24)7-2/h9-16,20H,6-8,17-19H2,1-5H3. The highest BCUT2D eigenvalue weighted by molar-refractivity contribution is 5.79. The maximum absolute atomic E-state index is 13.8. The van der Waals surface area contributed by atoms with Gasteiger partial charge in [0.1, 0.15) is 5.82 Å². The largest absolute Gasteiger partial charge is 0.331 e. The van der Waals surface area contributed by atoms with Crippen LogP contribution in [0, 0.1) is 0 Å². The van der Waals surface area contributed by atoms with E-state index in [4.69, 9.17) is 4.98 Å². The number of carbonyl (C=O) groups is 1. The lowest BCUT2D eigenvalue weighted by molar-refractivity contribution is -0.133. The molecule has 33 heavy (non-hydrogen) atoms. The van der Waals surface area contributed by atoms with Crippen molar-refractivity contribution in [2.45, 2.75) is 52.5 Å². The van der Waals surface area contributed by atoms with Crippen LogP contribution in [0.1, 0.15) is 57.5 Å². The molecule has 0 saturated carbocycles. The normalized spacial score (nSPS) is 12.3. The van der Waals surface area contributed by atoms with Crippen LogP contribution in [0.3, 0.4) is 0 Å². The van der Waals surface area contributed by atoms with Crippen LogP contribution in [0.15, 0.2) is 53.3 Å². The van der Waals surface area contributed by atoms with E-state index in [1.54, 1.807) is 4.57 Å². The molecule has 0 aliphatic heterocycles. The highest BCUT2D eigenvalue weighted by Gasteiger charge is 2.27. The molecule has 0 radical (unpaired) electrons. The van der Waals surface area contributed by atoms with E-state index in [-0.39, 0.29) is 17.5 Å². The number of nitrogens with zero attached hydrogens (tertiary/aromatic N) is 4. The van der Waals surface area contributed by atoms with E-state index in [1.807, 2.05) is 74.4 Å². The fraction of sp³-hybridized carbons (Fsp3) is 0.444. The molecule has 2 aromatic carbocycles. The van der Waals surface area contributed by atoms with Crippen molar-refractivity contribution in [2.75, 3.05) is 27.2 Å². The predicted molar refractivity (Wildman–Crippen MR) is 135 cm³/mol. The third-order valence-electron chi connectivity index (χ3n) is 6.11. The Hall–Kier alpha value is -2.99. The molecule has 0 bridgehead atoms. The average molecular weight is 449 g/mol. The highest BCUT2D eigenvalue weighted by atomic mass is 16.2. The van der Waals surface area contributed by atoms with Crippen molar-refractivity contribution < 1.29 is 4.79 Å². The second kappa shape index (κ2) is 11.2. The number of aryl methyl sites for hydroxylation is 1. The number of unbranched alkanes of at least 4 members (excludes halogenated alkanes) is 1. The predicted octanol–water partition coefficient (Wildman–Crippen LogP) is 4.59. The summed E-state index contributed by atoms with van der Waals surface area (Å²) in [6, 6.07) is 15.0. The SMILES string of the molecule is CCCCC(=O)N(CCN(C)C)C(C)c1nc2ccccc2c(=O)n1-c1ccccc1CC. The van der Waals surface area contributed by atoms with Crippen molar-refractivity contribution in [3.63, 3.8) is 0 Å². The van der Waals surface area contributed by atoms with E-state index in [1.165, 1.54) is 0 Å². The van der Waals surface area contributed by atoms with Crippen molar-refractivity contribution in [3.8, 4) is 5.69 Å². The van der Waals surface area contributed by atoms with Gasteiger partial charge in [-0.2, -0.15) is 0 Å². The van der Waals surface area contributed by atoms with Gasteiger partial charge >= 0.3 is 0 Å². The van der Waals surface area contributed by atoms with Gasteiger partial charge in [-0.1, -0.05) is 50.6 Å². The number of hydrogen-bond acceptors (Lipinski definition) is 4. The molecule has 0 saturated heterocycles. The lowest BCUT2D eigenvalue weighted by atomic mass is 10.1. The van der Waals surface area contributed by atoms with Crippen LogP contribution < -0.4 is 5.56 Å². The topological polar surface area (TPSA) is 58.4 Å². The molecule has 176 valence electrons. The van der Waals surface area contributed by atoms with Crippen LogP contribution in [-0.4, -0.2) is 52.4 Å². The maximum atomic E-state index is 13.8. The Labute approximate surface area is 196 Å². The number of likely N-dealkylation sites (N-methyl/N-ethyl adjacent to an activating group) is 1. The number of benzene rings is 2. The summed E-state index contributed by atoms with van der Waals surface area (Å²) in [4.78, 5) is 35.9. The van der Waals surface area contributed by atoms with Crippen molar-refractivity contribution >= 4 is 16.8 Å². The van der Waals surface area contributed by atoms with Crippen molar-refractivity contribution in [1.82, 2.24) is 19.4 Å². The number of hydrogen-bond donors (Lipinski definition) is 0. The lowest BCUT2D eigenvalue weighted by Crippen LogP contribution is -2.41. The molecule has 6 nitrogen and oxygen atoms in total. The third kappa shape index (κ3) is 5.50. The molecule has 0 spiro atoms. The molecular weight excluding hydrogens is 412 g/mol. The molecule has 3 aromatic rings. The Balaban J connectivity index is 2.22. The minimum atomic E-state index is -0.350. The second-order valence-electron chi connectivity index (χ2n) is 8.78. The number of para-hydroxylation sites is 2. The first-order valence-corrected chi connectivity index (χ1v) is 11.9. The number of amides is 1. The lowest BCUT2D eigenvalue weighted by Gasteiger charge is -2.32. The molecule has 1 heterocycles. The molecule has 0 fully saturated rings. The Morgan fingerprint density at radius 1 is 1.03 bits per heavy atom. The van der Waals surface area contributed by atoms with Crippen molar-refractivity contribution in [2.24, 2.45) is 0 Å². The molecule has 1 aromatic heterocycles. The Kier molecular flexibility index (Phi) is 8.39. The van der Waals surface area contributed by atoms with Gasteiger partial charge in [-0.15, -0.1) is 0 Å². The van der Waals surface area contributed by atoms with Gasteiger partial charge in [-0.25, -0.2) is 4.98 Å². The van der Waals surface area contributed by atoms with Crippen LogP contribution in [0.2, 0.25) is 0 Å². The number of rotatable bonds is 10. The van der Waals surface area contributed by atoms with Gasteiger partial charge in [0.2, 0.25) is 5.91 Å². The molecule has 1 amide bonds. The quantitative estimate of drug-likeness (QED) is 0.455. The van der Waals surface area contributed by atoms with Crippen LogP contribution in [0.4, 0.5) is 0 Å². The minimum Gasteiger partial charge on any atom is -0.331 e. The van der Waals surface area contributed by atoms with E-state index in [0.29, 0.717) is 29.7 Å². The monoisotopic (exact) mass is 448 g/mol. The molecule has 1 atom stereocenters. The molecule has 0 aliphatic carbocycles. The summed E-state index contributed by atoms with van der Waals surface area (Å²) in [5, 5.41) is 0.580. The van der Waals surface area contributed by atoms with E-state index in [0.717, 1.165) is 37.1 Å². The van der Waals surface area contributed by atoms with Crippen LogP contribution in [0.5, 0.6) is 0 Å². The molecule has 0 aliphatic rings. The molecule has 1 unspecified atom stereocenters. The first-order valence-electron chi connectivity index (χ1n) is 11.9. The van der Waals surface area contributed by atoms with Gasteiger partial charge in [-0.3, -0.25) is 14.2 Å². The summed E-state index contributed by atoms with van der Waals surface area (Å²) < 4.78 is 1.72. The third-order valence-corrected chi connectivity index (χ3v) is 6.11. The number of fused-ring (bicyclic) bond motifs is 1. The smallest absolute Gasteiger partial charge is 0.266 e. The molecule has 6 heteroatoms. The van der Waals surface area contributed by atoms with E-state index < -0.39 is 0 Å². The zero-order chi connectivity index (χ0) is 24.0. The van der Waals surface area contributed by atoms with Crippen molar-refractivity contribution in [3.05, 3.63) is 70.3 Å². The summed E-state index contributed by atoms with van der Waals surface area (Å²) in [5.74, 6) is 0.701. The average Bonchev–Trinajstić information content (AvgIpc) is 2.82. The first-order chi connectivity index (χ1) is 15.9. The van der Waals surface area contributed by atoms with Crippen LogP contribution in [-0.2, 0) is 11.2 Å². The Morgan fingerprint density at radius 3 is 2.42 bits per heavy atom. The van der Waals surface area contributed by atoms with E-state index in [2.05, 4.69) is 18.7 Å². The van der Waals surface area contributed by atoms with Gasteiger partial charge in [0.25, 0.3) is 5.56 Å². The Morgan fingerprint density at radius 2 is 1.73 bits per heavy atom. The summed E-state index contributed by atoms with van der Waals surface area (Å²) in [7, 11) is 4.00. The fourth-order valence-electron chi connectivity index (χ4n) is 4.14. The van der Waals surface area contributed by atoms with E-state index in [9.17, 15) is 9.59 Å². The van der Waals surface area contributed by atoms with Gasteiger partial charge in [-0.05, 0) is 57.6 Å². The summed E-state index contributed by atoms with van der Waals surface area (Å²) in [5.41, 5.74) is 2.46. The summed E-state index contributed by atoms with van der Waals surface area (Å²) in [6.45, 7) is 7.48. The summed E-state index contributed by atoms with van der Waals surface area (Å²) in [6.07, 6.45) is 3.10. The second-order valence-corrected chi connectivity index (χ2v) is 8.78. The van der Waals surface area contributed by atoms with Gasteiger partial charge in [0.05, 0.1) is 22.6 Å². The van der Waals surface area contributed by atoms with E-state index >= 15 is 0 Å². The zero-order valence-electron chi connectivity index (χ0n) is 20.5. The fourth-order valence-corrected chi connectivity index (χ4v) is 4.14. The van der Waals surface area contributed by atoms with Gasteiger partial charge < -0.3 is 9.80 Å². The van der Waals surface area contributed by atoms with Gasteiger partial charge in [0, 0.05) is 19.5 Å². The van der Waals surface area contributed by atoms with Gasteiger partial charge in [0.15, 0.2) is 0 Å². The number of aromatic nitrogens is 2. The van der Waals surface area contributed by atoms with Crippen LogP contribution in [0.25, 0.3) is 16.6 Å². The maximum Gasteiger partial charge on any atom is 0.266 e. The molecular formula is C27H36N4O2. The van der Waals surface area contributed by atoms with Crippen molar-refractivity contribution in [1.29, 1.82) is 0 Å².